The molecule has 0 spiro atoms. The normalized spacial score (nSPS) is 26.0. The molecule has 4 aromatic rings. The number of piperazine rings is 1. The number of nitrogens with two attached hydrogens (primary N) is 1. The summed E-state index contributed by atoms with van der Waals surface area (Å²) in [5.41, 5.74) is -0.929. The van der Waals surface area contributed by atoms with Crippen LogP contribution in [0.25, 0.3) is 32.9 Å². The molecule has 6 heterocycles. The number of fused-ring (bicyclic) bond motifs is 5. The number of hydrogen-bond acceptors (Lipinski definition) is 9. The third kappa shape index (κ3) is 4.92. The third-order valence-corrected chi connectivity index (χ3v) is 11.5. The number of aromatic hydroxyl groups is 1. The van der Waals surface area contributed by atoms with Crippen LogP contribution in [-0.4, -0.2) is 94.3 Å². The van der Waals surface area contributed by atoms with Gasteiger partial charge in [0.25, 0.3) is 10.2 Å². The summed E-state index contributed by atoms with van der Waals surface area (Å²) >= 11 is 0. The van der Waals surface area contributed by atoms with Gasteiger partial charge in [0, 0.05) is 55.3 Å². The lowest BCUT2D eigenvalue weighted by Crippen LogP contribution is -2.57. The Hall–Kier alpha value is -4.23. The fourth-order valence-corrected chi connectivity index (χ4v) is 9.54. The summed E-state index contributed by atoms with van der Waals surface area (Å²) < 4.78 is 78.5. The van der Waals surface area contributed by atoms with Crippen molar-refractivity contribution in [2.45, 2.75) is 55.9 Å². The maximum atomic E-state index is 16.9. The van der Waals surface area contributed by atoms with E-state index in [1.165, 1.54) is 34.8 Å². The predicted octanol–water partition coefficient (Wildman–Crippen LogP) is 3.62. The average Bonchev–Trinajstić information content (AvgIpc) is 3.67. The molecule has 2 aromatic carbocycles. The number of benzene rings is 2. The summed E-state index contributed by atoms with van der Waals surface area (Å²) in [5.74, 6) is 0.864. The van der Waals surface area contributed by atoms with E-state index in [1.807, 2.05) is 4.90 Å². The van der Waals surface area contributed by atoms with E-state index in [2.05, 4.69) is 20.8 Å². The van der Waals surface area contributed by atoms with Crippen molar-refractivity contribution in [2.24, 2.45) is 5.14 Å². The van der Waals surface area contributed by atoms with Crippen molar-refractivity contribution in [1.29, 1.82) is 0 Å². The molecule has 8 rings (SSSR count). The maximum absolute atomic E-state index is 16.9. The smallest absolute Gasteiger partial charge is 0.319 e. The minimum atomic E-state index is -3.94. The molecule has 2 bridgehead atoms. The highest BCUT2D eigenvalue weighted by Crippen LogP contribution is 2.42. The maximum Gasteiger partial charge on any atom is 0.319 e. The molecule has 15 heteroatoms. The van der Waals surface area contributed by atoms with Crippen molar-refractivity contribution in [3.05, 3.63) is 47.7 Å². The highest BCUT2D eigenvalue weighted by Gasteiger charge is 2.50. The minimum Gasteiger partial charge on any atom is -0.508 e. The van der Waals surface area contributed by atoms with Crippen LogP contribution in [0.4, 0.5) is 19.0 Å². The van der Waals surface area contributed by atoms with Crippen molar-refractivity contribution in [1.82, 2.24) is 24.2 Å². The fourth-order valence-electron chi connectivity index (χ4n) is 8.37. The molecule has 4 aliphatic heterocycles. The van der Waals surface area contributed by atoms with Gasteiger partial charge in [-0.2, -0.15) is 22.7 Å². The molecule has 4 fully saturated rings. The first-order valence-electron chi connectivity index (χ1n) is 15.8. The molecule has 3 N–H and O–H groups in total. The zero-order valence-corrected chi connectivity index (χ0v) is 26.6. The van der Waals surface area contributed by atoms with E-state index in [0.29, 0.717) is 37.0 Å². The first kappa shape index (κ1) is 31.1. The molecule has 2 aromatic heterocycles. The summed E-state index contributed by atoms with van der Waals surface area (Å²) in [5, 5.41) is 16.9. The first-order valence-corrected chi connectivity index (χ1v) is 17.3. The van der Waals surface area contributed by atoms with E-state index in [4.69, 9.17) is 21.3 Å². The summed E-state index contributed by atoms with van der Waals surface area (Å²) in [6.07, 6.45) is 9.24. The summed E-state index contributed by atoms with van der Waals surface area (Å²) in [4.78, 5) is 17.6. The first-order chi connectivity index (χ1) is 23.0. The van der Waals surface area contributed by atoms with Gasteiger partial charge in [0.15, 0.2) is 5.82 Å². The van der Waals surface area contributed by atoms with Gasteiger partial charge in [-0.1, -0.05) is 12.0 Å². The number of ether oxygens (including phenoxy) is 1. The number of rotatable bonds is 6. The van der Waals surface area contributed by atoms with Crippen LogP contribution in [-0.2, 0) is 10.2 Å². The molecule has 4 aliphatic rings. The molecule has 0 aliphatic carbocycles. The summed E-state index contributed by atoms with van der Waals surface area (Å²) in [6, 6.07) is 4.33. The molecule has 2 unspecified atom stereocenters. The zero-order chi connectivity index (χ0) is 33.5. The summed E-state index contributed by atoms with van der Waals surface area (Å²) in [6.45, 7) is 1.67. The van der Waals surface area contributed by atoms with E-state index < -0.39 is 45.6 Å². The minimum absolute atomic E-state index is 0.0692. The van der Waals surface area contributed by atoms with Crippen LogP contribution < -0.4 is 14.8 Å². The Morgan fingerprint density at radius 1 is 1.15 bits per heavy atom. The quantitative estimate of drug-likeness (QED) is 0.293. The number of terminal acetylenes is 1. The van der Waals surface area contributed by atoms with Gasteiger partial charge in [-0.25, -0.2) is 18.3 Å². The van der Waals surface area contributed by atoms with E-state index >= 15 is 4.39 Å². The fraction of sp³-hybridized carbons (Fsp3) is 0.424. The van der Waals surface area contributed by atoms with Gasteiger partial charge in [0.2, 0.25) is 0 Å². The van der Waals surface area contributed by atoms with E-state index in [1.54, 1.807) is 0 Å². The predicted molar refractivity (Wildman–Crippen MR) is 172 cm³/mol. The molecule has 0 amide bonds. The van der Waals surface area contributed by atoms with Crippen molar-refractivity contribution >= 4 is 37.7 Å². The lowest BCUT2D eigenvalue weighted by molar-refractivity contribution is 0.107. The van der Waals surface area contributed by atoms with Gasteiger partial charge >= 0.3 is 6.01 Å². The van der Waals surface area contributed by atoms with Crippen molar-refractivity contribution < 1.29 is 31.4 Å². The van der Waals surface area contributed by atoms with Gasteiger partial charge in [0.1, 0.15) is 41.4 Å². The Labute approximate surface area is 274 Å². The topological polar surface area (TPSA) is 138 Å². The second-order valence-corrected chi connectivity index (χ2v) is 14.7. The second kappa shape index (κ2) is 11.2. The Morgan fingerprint density at radius 2 is 1.92 bits per heavy atom. The van der Waals surface area contributed by atoms with Crippen LogP contribution >= 0.6 is 0 Å². The number of alkyl halides is 1. The molecule has 11 nitrogen and oxygen atoms in total. The largest absolute Gasteiger partial charge is 0.508 e. The van der Waals surface area contributed by atoms with Crippen molar-refractivity contribution in [2.75, 3.05) is 37.7 Å². The Balaban J connectivity index is 1.27. The number of hydrogen-bond donors (Lipinski definition) is 2. The van der Waals surface area contributed by atoms with Crippen LogP contribution in [0.1, 0.15) is 37.7 Å². The van der Waals surface area contributed by atoms with Crippen LogP contribution in [0.3, 0.4) is 0 Å². The Morgan fingerprint density at radius 3 is 2.65 bits per heavy atom. The monoisotopic (exact) mass is 679 g/mol. The Bertz CT molecular complexity index is 2130. The van der Waals surface area contributed by atoms with Crippen LogP contribution in [0, 0.1) is 24.0 Å². The molecule has 4 saturated heterocycles. The average molecular weight is 680 g/mol. The molecule has 0 saturated carbocycles. The lowest BCUT2D eigenvalue weighted by Gasteiger charge is -2.40. The number of aromatic nitrogens is 3. The zero-order valence-electron chi connectivity index (χ0n) is 25.7. The molecule has 4 atom stereocenters. The van der Waals surface area contributed by atoms with Crippen LogP contribution in [0.2, 0.25) is 0 Å². The van der Waals surface area contributed by atoms with E-state index in [0.717, 1.165) is 19.4 Å². The van der Waals surface area contributed by atoms with Gasteiger partial charge in [-0.05, 0) is 55.8 Å². The van der Waals surface area contributed by atoms with Gasteiger partial charge in [0.05, 0.1) is 16.5 Å². The molecule has 0 radical (unpaired) electrons. The number of pyridine rings is 1. The highest BCUT2D eigenvalue weighted by molar-refractivity contribution is 7.86. The Kier molecular flexibility index (Phi) is 7.22. The van der Waals surface area contributed by atoms with E-state index in [9.17, 15) is 22.3 Å². The second-order valence-electron chi connectivity index (χ2n) is 13.2. The number of phenols is 1. The lowest BCUT2D eigenvalue weighted by atomic mass is 9.95. The van der Waals surface area contributed by atoms with Crippen molar-refractivity contribution in [3.8, 4) is 35.4 Å². The highest BCUT2D eigenvalue weighted by atomic mass is 32.2. The number of halogens is 3. The van der Waals surface area contributed by atoms with Gasteiger partial charge < -0.3 is 14.7 Å². The SMILES string of the molecule is C#Cc1c(F)ccc2cc(O)cc(-c3ncc4c(N5CC6CCC(C5)N6S(N)(=O)=O)nc(OC[C@@]56CCCN5C[C@H](F)C6)nc4c3F)c12. The number of phenolic OH excluding ortho intramolecular Hbond substituents is 1. The van der Waals surface area contributed by atoms with E-state index in [-0.39, 0.29) is 64.6 Å². The molecule has 48 heavy (non-hydrogen) atoms. The number of anilines is 1. The van der Waals surface area contributed by atoms with Gasteiger partial charge in [-0.3, -0.25) is 9.88 Å². The third-order valence-electron chi connectivity index (χ3n) is 10.3. The molecule has 250 valence electrons. The van der Waals surface area contributed by atoms with Gasteiger partial charge in [-0.15, -0.1) is 6.42 Å². The van der Waals surface area contributed by atoms with Crippen LogP contribution in [0.5, 0.6) is 11.8 Å². The molecular weight excluding hydrogens is 647 g/mol. The van der Waals surface area contributed by atoms with Crippen molar-refractivity contribution in [3.63, 3.8) is 0 Å². The van der Waals surface area contributed by atoms with Crippen LogP contribution in [0.15, 0.2) is 30.5 Å². The molecular formula is C33H32F3N7O4S. The summed E-state index contributed by atoms with van der Waals surface area (Å²) in [7, 11) is -3.94. The standard InChI is InChI=1S/C33H32F3N7O4S/c1-2-23-26(35)7-4-18-10-22(44)11-24(27(18)23)29-28(36)30-25(13-38-29)31(41-15-20-5-6-21(16-41)43(20)48(37,45)46)40-32(39-30)47-17-33-8-3-9-42(33)14-19(34)12-33/h1,4,7,10-11,13,19-21,44H,3,5-6,8-9,12,14-17H2,(H2,37,45,46)/t19-,20?,21?,33+/m1/s1. The number of nitrogens with zero attached hydrogens (tertiary/aromatic N) is 6.